The van der Waals surface area contributed by atoms with Gasteiger partial charge in [-0.1, -0.05) is 29.3 Å². The molecule has 8 heteroatoms. The smallest absolute Gasteiger partial charge is 0.307 e. The zero-order valence-electron chi connectivity index (χ0n) is 12.9. The Morgan fingerprint density at radius 1 is 1.28 bits per heavy atom. The second-order valence-electron chi connectivity index (χ2n) is 5.23. The van der Waals surface area contributed by atoms with Crippen LogP contribution in [0.3, 0.4) is 0 Å². The van der Waals surface area contributed by atoms with Gasteiger partial charge in [0.2, 0.25) is 0 Å². The average Bonchev–Trinajstić information content (AvgIpc) is 2.90. The van der Waals surface area contributed by atoms with E-state index in [9.17, 15) is 15.0 Å². The highest BCUT2D eigenvalue weighted by molar-refractivity contribution is 6.36. The maximum atomic E-state index is 12.2. The van der Waals surface area contributed by atoms with Gasteiger partial charge in [-0.2, -0.15) is 5.10 Å². The Morgan fingerprint density at radius 3 is 2.76 bits per heavy atom. The summed E-state index contributed by atoms with van der Waals surface area (Å²) in [5.74, 6) is -0.743. The molecule has 0 fully saturated rings. The van der Waals surface area contributed by atoms with Crippen LogP contribution in [0.1, 0.15) is 21.7 Å². The minimum absolute atomic E-state index is 0.0276. The first-order valence-electron chi connectivity index (χ1n) is 7.11. The number of benzene rings is 2. The average molecular weight is 379 g/mol. The van der Waals surface area contributed by atoms with Crippen molar-refractivity contribution >= 4 is 46.3 Å². The molecule has 0 bridgehead atoms. The molecule has 1 heterocycles. The minimum atomic E-state index is -0.600. The molecule has 0 aliphatic rings. The van der Waals surface area contributed by atoms with Gasteiger partial charge >= 0.3 is 5.91 Å². The highest BCUT2D eigenvalue weighted by Crippen LogP contribution is 2.32. The van der Waals surface area contributed by atoms with Crippen molar-refractivity contribution in [2.24, 2.45) is 5.10 Å². The second-order valence-corrected chi connectivity index (χ2v) is 6.07. The van der Waals surface area contributed by atoms with E-state index in [1.54, 1.807) is 19.1 Å². The van der Waals surface area contributed by atoms with Gasteiger partial charge in [0.1, 0.15) is 17.1 Å². The zero-order valence-corrected chi connectivity index (χ0v) is 14.4. The molecule has 0 unspecified atom stereocenters. The molecule has 0 aliphatic carbocycles. The Bertz CT molecular complexity index is 1010. The van der Waals surface area contributed by atoms with Gasteiger partial charge in [0.15, 0.2) is 5.76 Å². The van der Waals surface area contributed by atoms with Crippen LogP contribution in [0.4, 0.5) is 0 Å². The van der Waals surface area contributed by atoms with Gasteiger partial charge in [-0.05, 0) is 31.2 Å². The number of phenols is 2. The van der Waals surface area contributed by atoms with Crippen molar-refractivity contribution in [3.63, 3.8) is 0 Å². The number of hydrazone groups is 1. The van der Waals surface area contributed by atoms with Crippen LogP contribution in [-0.2, 0) is 0 Å². The minimum Gasteiger partial charge on any atom is -0.507 e. The largest absolute Gasteiger partial charge is 0.507 e. The number of carbonyl (C=O) groups is 1. The normalized spacial score (nSPS) is 11.3. The van der Waals surface area contributed by atoms with Gasteiger partial charge < -0.3 is 14.6 Å². The summed E-state index contributed by atoms with van der Waals surface area (Å²) in [6, 6.07) is 7.61. The van der Waals surface area contributed by atoms with Gasteiger partial charge in [0.25, 0.3) is 0 Å². The molecule has 25 heavy (non-hydrogen) atoms. The monoisotopic (exact) mass is 378 g/mol. The van der Waals surface area contributed by atoms with Crippen LogP contribution in [0.25, 0.3) is 11.0 Å². The number of nitrogens with one attached hydrogen (secondary N) is 1. The summed E-state index contributed by atoms with van der Waals surface area (Å²) in [6.45, 7) is 1.66. The van der Waals surface area contributed by atoms with Crippen LogP contribution in [0.15, 0.2) is 39.9 Å². The molecule has 128 valence electrons. The van der Waals surface area contributed by atoms with Gasteiger partial charge in [-0.3, -0.25) is 4.79 Å². The number of nitrogens with zero attached hydrogens (tertiary/aromatic N) is 1. The van der Waals surface area contributed by atoms with Crippen LogP contribution in [0, 0.1) is 6.92 Å². The molecule has 0 saturated carbocycles. The van der Waals surface area contributed by atoms with E-state index in [0.717, 1.165) is 0 Å². The lowest BCUT2D eigenvalue weighted by molar-refractivity contribution is 0.0929. The fourth-order valence-electron chi connectivity index (χ4n) is 2.39. The number of hydrogen-bond donors (Lipinski definition) is 3. The number of furan rings is 1. The summed E-state index contributed by atoms with van der Waals surface area (Å²) >= 11 is 11.7. The zero-order chi connectivity index (χ0) is 18.1. The molecule has 6 nitrogen and oxygen atoms in total. The van der Waals surface area contributed by atoms with Crippen LogP contribution in [0.2, 0.25) is 10.0 Å². The van der Waals surface area contributed by atoms with Gasteiger partial charge in [-0.25, -0.2) is 5.43 Å². The number of aromatic hydroxyl groups is 2. The van der Waals surface area contributed by atoms with Crippen LogP contribution in [0.5, 0.6) is 11.5 Å². The molecule has 3 aromatic rings. The maximum Gasteiger partial charge on any atom is 0.307 e. The van der Waals surface area contributed by atoms with Crippen molar-refractivity contribution in [3.8, 4) is 11.5 Å². The van der Waals surface area contributed by atoms with E-state index in [-0.39, 0.29) is 27.8 Å². The predicted molar refractivity (Wildman–Crippen MR) is 95.8 cm³/mol. The third-order valence-electron chi connectivity index (χ3n) is 3.57. The molecule has 0 radical (unpaired) electrons. The first kappa shape index (κ1) is 17.1. The van der Waals surface area contributed by atoms with E-state index < -0.39 is 5.91 Å². The summed E-state index contributed by atoms with van der Waals surface area (Å²) in [5, 5.41) is 24.3. The first-order valence-corrected chi connectivity index (χ1v) is 7.86. The summed E-state index contributed by atoms with van der Waals surface area (Å²) < 4.78 is 5.47. The lowest BCUT2D eigenvalue weighted by Crippen LogP contribution is -2.17. The number of halogens is 2. The van der Waals surface area contributed by atoms with E-state index in [0.29, 0.717) is 21.6 Å². The van der Waals surface area contributed by atoms with Crippen molar-refractivity contribution in [2.45, 2.75) is 6.92 Å². The second kappa shape index (κ2) is 6.66. The molecule has 1 amide bonds. The summed E-state index contributed by atoms with van der Waals surface area (Å²) in [7, 11) is 0. The quantitative estimate of drug-likeness (QED) is 0.469. The Balaban J connectivity index is 1.84. The summed E-state index contributed by atoms with van der Waals surface area (Å²) in [4.78, 5) is 12.2. The molecule has 0 atom stereocenters. The fourth-order valence-corrected chi connectivity index (χ4v) is 2.90. The number of rotatable bonds is 3. The Morgan fingerprint density at radius 2 is 2.04 bits per heavy atom. The van der Waals surface area contributed by atoms with E-state index in [1.807, 2.05) is 0 Å². The summed E-state index contributed by atoms with van der Waals surface area (Å²) in [5.41, 5.74) is 3.43. The van der Waals surface area contributed by atoms with Crippen molar-refractivity contribution in [3.05, 3.63) is 57.3 Å². The number of phenolic OH excluding ortho intramolecular Hbond substituents is 2. The molecule has 0 spiro atoms. The van der Waals surface area contributed by atoms with E-state index in [4.69, 9.17) is 27.6 Å². The summed E-state index contributed by atoms with van der Waals surface area (Å²) in [6.07, 6.45) is 1.21. The van der Waals surface area contributed by atoms with Crippen molar-refractivity contribution in [2.75, 3.05) is 0 Å². The number of aryl methyl sites for hydroxylation is 1. The van der Waals surface area contributed by atoms with Gasteiger partial charge in [-0.15, -0.1) is 0 Å². The molecular formula is C17H12Cl2N2O4. The number of carbonyl (C=O) groups excluding carboxylic acids is 1. The third-order valence-corrected chi connectivity index (χ3v) is 4.07. The van der Waals surface area contributed by atoms with Gasteiger partial charge in [0, 0.05) is 16.1 Å². The maximum absolute atomic E-state index is 12.2. The third kappa shape index (κ3) is 3.26. The van der Waals surface area contributed by atoms with Gasteiger partial charge in [0.05, 0.1) is 16.6 Å². The Kier molecular flexibility index (Phi) is 4.57. The molecule has 0 aliphatic heterocycles. The molecule has 2 aromatic carbocycles. The highest BCUT2D eigenvalue weighted by atomic mass is 35.5. The number of fused-ring (bicyclic) bond motifs is 1. The number of amides is 1. The van der Waals surface area contributed by atoms with Crippen LogP contribution >= 0.6 is 23.2 Å². The molecule has 3 N–H and O–H groups in total. The van der Waals surface area contributed by atoms with Crippen molar-refractivity contribution in [1.29, 1.82) is 0 Å². The van der Waals surface area contributed by atoms with Crippen molar-refractivity contribution in [1.82, 2.24) is 5.43 Å². The van der Waals surface area contributed by atoms with E-state index in [2.05, 4.69) is 10.5 Å². The Labute approximate surface area is 152 Å². The highest BCUT2D eigenvalue weighted by Gasteiger charge is 2.19. The van der Waals surface area contributed by atoms with Crippen LogP contribution < -0.4 is 5.43 Å². The van der Waals surface area contributed by atoms with E-state index >= 15 is 0 Å². The van der Waals surface area contributed by atoms with Crippen molar-refractivity contribution < 1.29 is 19.4 Å². The molecule has 3 rings (SSSR count). The number of hydrogen-bond acceptors (Lipinski definition) is 5. The molecular weight excluding hydrogens is 367 g/mol. The predicted octanol–water partition coefficient (Wildman–Crippen LogP) is 4.22. The Hall–Kier alpha value is -2.70. The topological polar surface area (TPSA) is 95.1 Å². The SMILES string of the molecule is Cc1c(C(=O)N/N=C\c2cc(Cl)cc(Cl)c2O)oc2cccc(O)c12. The lowest BCUT2D eigenvalue weighted by Gasteiger charge is -2.02. The fraction of sp³-hybridized carbons (Fsp3) is 0.0588. The first-order chi connectivity index (χ1) is 11.9. The van der Waals surface area contributed by atoms with E-state index in [1.165, 1.54) is 24.4 Å². The molecule has 0 saturated heterocycles. The standard InChI is InChI=1S/C17H12Cl2N2O4/c1-8-14-12(22)3-2-4-13(14)25-16(8)17(24)21-20-7-9-5-10(18)6-11(19)15(9)23/h2-7,22-23H,1H3,(H,21,24)/b20-7-. The lowest BCUT2D eigenvalue weighted by atomic mass is 10.1. The molecule has 1 aromatic heterocycles. The van der Waals surface area contributed by atoms with Crippen LogP contribution in [-0.4, -0.2) is 22.3 Å².